The number of fused-ring (bicyclic) bond motifs is 1. The first-order valence-electron chi connectivity index (χ1n) is 18.7. The minimum absolute atomic E-state index is 0.115. The highest BCUT2D eigenvalue weighted by Crippen LogP contribution is 2.35. The van der Waals surface area contributed by atoms with Crippen LogP contribution in [-0.4, -0.2) is 95.1 Å². The molecule has 288 valence electrons. The first-order valence-corrected chi connectivity index (χ1v) is 18.7. The second-order valence-electron chi connectivity index (χ2n) is 14.2. The number of alkyl carbamates (subject to hydrolysis) is 2. The maximum absolute atomic E-state index is 13.6. The van der Waals surface area contributed by atoms with Crippen LogP contribution in [0.3, 0.4) is 0 Å². The van der Waals surface area contributed by atoms with Gasteiger partial charge in [-0.15, -0.1) is 0 Å². The quantitative estimate of drug-likeness (QED) is 0.155. The van der Waals surface area contributed by atoms with Crippen LogP contribution >= 0.6 is 0 Å². The van der Waals surface area contributed by atoms with Crippen LogP contribution in [0.4, 0.5) is 9.59 Å². The highest BCUT2D eigenvalue weighted by Gasteiger charge is 2.37. The molecule has 2 aliphatic heterocycles. The maximum atomic E-state index is 13.6. The third kappa shape index (κ3) is 9.01. The molecule has 2 aromatic heterocycles. The summed E-state index contributed by atoms with van der Waals surface area (Å²) in [5.74, 6) is 0.0345. The third-order valence-corrected chi connectivity index (χ3v) is 10.2. The summed E-state index contributed by atoms with van der Waals surface area (Å²) in [6.07, 6.45) is 5.64. The normalized spacial score (nSPS) is 20.4. The van der Waals surface area contributed by atoms with Gasteiger partial charge in [0.1, 0.15) is 17.9 Å². The van der Waals surface area contributed by atoms with Crippen LogP contribution in [0.5, 0.6) is 0 Å². The van der Waals surface area contributed by atoms with E-state index in [2.05, 4.69) is 60.4 Å². The number of nitrogens with zero attached hydrogens (tertiary/aromatic N) is 3. The molecule has 1 unspecified atom stereocenters. The van der Waals surface area contributed by atoms with Gasteiger partial charge in [0.15, 0.2) is 0 Å². The Morgan fingerprint density at radius 3 is 2.46 bits per heavy atom. The van der Waals surface area contributed by atoms with Crippen LogP contribution in [0, 0.1) is 5.92 Å². The molecule has 15 heteroatoms. The maximum Gasteiger partial charge on any atom is 0.407 e. The lowest BCUT2D eigenvalue weighted by molar-refractivity contribution is -0.135. The predicted molar refractivity (Wildman–Crippen MR) is 201 cm³/mol. The number of rotatable bonds is 8. The number of ether oxygens (including phenoxy) is 3. The van der Waals surface area contributed by atoms with Gasteiger partial charge in [-0.05, 0) is 67.0 Å². The number of carbonyl (C=O) groups excluding carboxylic acids is 4. The molecule has 2 aromatic carbocycles. The fourth-order valence-electron chi connectivity index (χ4n) is 7.17. The Morgan fingerprint density at radius 2 is 1.69 bits per heavy atom. The Labute approximate surface area is 314 Å². The Balaban J connectivity index is 1.19. The van der Waals surface area contributed by atoms with Crippen molar-refractivity contribution in [2.75, 3.05) is 34.0 Å². The molecule has 2 aliphatic rings. The third-order valence-electron chi connectivity index (χ3n) is 10.2. The van der Waals surface area contributed by atoms with Crippen LogP contribution in [0.15, 0.2) is 48.7 Å². The lowest BCUT2D eigenvalue weighted by Gasteiger charge is -2.30. The topological polar surface area (TPSA) is 193 Å². The van der Waals surface area contributed by atoms with E-state index in [0.717, 1.165) is 71.1 Å². The molecular formula is C39H50N8O7. The fraction of sp³-hybridized carbons (Fsp3) is 0.487. The van der Waals surface area contributed by atoms with E-state index >= 15 is 0 Å². The second-order valence-corrected chi connectivity index (χ2v) is 14.2. The predicted octanol–water partition coefficient (Wildman–Crippen LogP) is 5.53. The van der Waals surface area contributed by atoms with Gasteiger partial charge in [-0.2, -0.15) is 5.10 Å². The summed E-state index contributed by atoms with van der Waals surface area (Å²) in [5.41, 5.74) is 4.22. The zero-order valence-electron chi connectivity index (χ0n) is 31.3. The summed E-state index contributed by atoms with van der Waals surface area (Å²) in [6.45, 7) is 5.46. The van der Waals surface area contributed by atoms with Gasteiger partial charge in [-0.3, -0.25) is 14.7 Å². The number of likely N-dealkylation sites (tertiary alicyclic amines) is 1. The smallest absolute Gasteiger partial charge is 0.407 e. The van der Waals surface area contributed by atoms with Crippen LogP contribution < -0.4 is 16.0 Å². The van der Waals surface area contributed by atoms with Crippen molar-refractivity contribution in [3.8, 4) is 22.5 Å². The number of aromatic amines is 2. The van der Waals surface area contributed by atoms with Gasteiger partial charge < -0.3 is 40.0 Å². The molecule has 54 heavy (non-hydrogen) atoms. The standard InChI is InChI=1S/C39H50N8O7/c1-23(2)34(44-39(51)53-4)37(49)47-16-8-10-33(47)31-21-30(45-46-31)25-13-11-24-12-14-26(20-27(24)19-25)32-22-40-35(41-32)28-15-18-54-17-7-5-6-9-29(36(48)42-28)43-38(50)52-3/h11-14,19-23,28-29,33-34H,5-10,15-18H2,1-4H3,(H,40,41)(H,42,48)(H,43,50)(H,44,51)(H,45,46)/t28-,29-,33?,34-/m0/s1. The molecule has 6 rings (SSSR count). The summed E-state index contributed by atoms with van der Waals surface area (Å²) >= 11 is 0. The lowest BCUT2D eigenvalue weighted by Crippen LogP contribution is -2.51. The van der Waals surface area contributed by atoms with E-state index in [9.17, 15) is 19.2 Å². The fourth-order valence-corrected chi connectivity index (χ4v) is 7.17. The summed E-state index contributed by atoms with van der Waals surface area (Å²) in [7, 11) is 2.57. The second kappa shape index (κ2) is 17.6. The summed E-state index contributed by atoms with van der Waals surface area (Å²) in [4.78, 5) is 60.8. The number of H-pyrrole nitrogens is 2. The minimum Gasteiger partial charge on any atom is -0.453 e. The largest absolute Gasteiger partial charge is 0.453 e. The summed E-state index contributed by atoms with van der Waals surface area (Å²) < 4.78 is 15.4. The monoisotopic (exact) mass is 742 g/mol. The number of methoxy groups -OCH3 is 2. The molecule has 4 heterocycles. The van der Waals surface area contributed by atoms with Crippen LogP contribution in [-0.2, 0) is 23.8 Å². The van der Waals surface area contributed by atoms with Crippen molar-refractivity contribution in [2.45, 2.75) is 83.0 Å². The molecule has 4 aromatic rings. The van der Waals surface area contributed by atoms with E-state index in [-0.39, 0.29) is 23.8 Å². The molecule has 5 N–H and O–H groups in total. The molecule has 4 atom stereocenters. The van der Waals surface area contributed by atoms with E-state index in [1.807, 2.05) is 36.9 Å². The number of imidazole rings is 1. The Hall–Kier alpha value is -5.44. The molecular weight excluding hydrogens is 692 g/mol. The van der Waals surface area contributed by atoms with Crippen molar-refractivity contribution in [3.63, 3.8) is 0 Å². The molecule has 4 amide bonds. The molecule has 15 nitrogen and oxygen atoms in total. The van der Waals surface area contributed by atoms with Gasteiger partial charge in [0.25, 0.3) is 0 Å². The molecule has 0 bridgehead atoms. The van der Waals surface area contributed by atoms with E-state index in [0.29, 0.717) is 38.4 Å². The zero-order valence-corrected chi connectivity index (χ0v) is 31.3. The van der Waals surface area contributed by atoms with Crippen molar-refractivity contribution in [1.82, 2.24) is 41.0 Å². The highest BCUT2D eigenvalue weighted by atomic mass is 16.5. The van der Waals surface area contributed by atoms with Gasteiger partial charge in [0, 0.05) is 30.9 Å². The molecule has 0 spiro atoms. The number of hydrogen-bond acceptors (Lipinski definition) is 9. The molecule has 0 aliphatic carbocycles. The van der Waals surface area contributed by atoms with E-state index in [1.165, 1.54) is 14.2 Å². The number of carbonyl (C=O) groups is 4. The molecule has 2 fully saturated rings. The van der Waals surface area contributed by atoms with E-state index < -0.39 is 30.3 Å². The van der Waals surface area contributed by atoms with Gasteiger partial charge >= 0.3 is 12.2 Å². The summed E-state index contributed by atoms with van der Waals surface area (Å²) in [6, 6.07) is 12.3. The van der Waals surface area contributed by atoms with Crippen molar-refractivity contribution in [2.24, 2.45) is 5.92 Å². The first kappa shape index (κ1) is 38.3. The molecule has 0 saturated carbocycles. The Kier molecular flexibility index (Phi) is 12.5. The van der Waals surface area contributed by atoms with Gasteiger partial charge in [-0.25, -0.2) is 14.6 Å². The SMILES string of the molecule is COC(=O)N[C@H]1CCCCCOCC[C@@H](c2ncc(-c3ccc4ccc(-c5cc(C6CCCN6C(=O)[C@@H](NC(=O)OC)C(C)C)[nH]n5)cc4c3)[nH]2)NC1=O. The van der Waals surface area contributed by atoms with Crippen molar-refractivity contribution >= 4 is 34.8 Å². The Morgan fingerprint density at radius 1 is 0.907 bits per heavy atom. The van der Waals surface area contributed by atoms with Crippen molar-refractivity contribution in [3.05, 3.63) is 60.2 Å². The number of nitrogens with one attached hydrogen (secondary N) is 5. The average molecular weight is 743 g/mol. The zero-order chi connectivity index (χ0) is 38.2. The number of hydrogen-bond donors (Lipinski definition) is 5. The average Bonchev–Trinajstić information content (AvgIpc) is 3.97. The Bertz CT molecular complexity index is 1940. The molecule has 2 saturated heterocycles. The summed E-state index contributed by atoms with van der Waals surface area (Å²) in [5, 5.41) is 18.3. The number of benzene rings is 2. The van der Waals surface area contributed by atoms with E-state index in [1.54, 1.807) is 6.20 Å². The van der Waals surface area contributed by atoms with Gasteiger partial charge in [0.2, 0.25) is 11.8 Å². The van der Waals surface area contributed by atoms with Crippen LogP contribution in [0.1, 0.15) is 82.4 Å². The van der Waals surface area contributed by atoms with Gasteiger partial charge in [0.05, 0.1) is 49.6 Å². The van der Waals surface area contributed by atoms with Crippen molar-refractivity contribution in [1.29, 1.82) is 0 Å². The highest BCUT2D eigenvalue weighted by molar-refractivity contribution is 5.90. The first-order chi connectivity index (χ1) is 26.1. The number of aromatic nitrogens is 4. The lowest BCUT2D eigenvalue weighted by atomic mass is 10.0. The van der Waals surface area contributed by atoms with Crippen molar-refractivity contribution < 1.29 is 33.4 Å². The number of amides is 4. The van der Waals surface area contributed by atoms with Crippen LogP contribution in [0.25, 0.3) is 33.3 Å². The molecule has 0 radical (unpaired) electrons. The van der Waals surface area contributed by atoms with Gasteiger partial charge in [-0.1, -0.05) is 51.0 Å². The van der Waals surface area contributed by atoms with E-state index in [4.69, 9.17) is 14.2 Å². The van der Waals surface area contributed by atoms with Crippen LogP contribution in [0.2, 0.25) is 0 Å². The minimum atomic E-state index is -0.720.